The number of rotatable bonds is 5. The Labute approximate surface area is 167 Å². The van der Waals surface area contributed by atoms with Crippen LogP contribution in [0.5, 0.6) is 5.75 Å². The van der Waals surface area contributed by atoms with E-state index in [1.807, 2.05) is 54.6 Å². The molecule has 0 unspecified atom stereocenters. The van der Waals surface area contributed by atoms with E-state index < -0.39 is 0 Å². The fourth-order valence-electron chi connectivity index (χ4n) is 2.83. The van der Waals surface area contributed by atoms with Crippen molar-refractivity contribution in [1.82, 2.24) is 4.98 Å². The molecule has 4 rings (SSSR count). The van der Waals surface area contributed by atoms with E-state index in [-0.39, 0.29) is 5.97 Å². The van der Waals surface area contributed by atoms with Crippen LogP contribution in [-0.2, 0) is 4.74 Å². The van der Waals surface area contributed by atoms with Crippen molar-refractivity contribution in [3.63, 3.8) is 0 Å². The topological polar surface area (TPSA) is 73.9 Å². The van der Waals surface area contributed by atoms with Gasteiger partial charge in [0.15, 0.2) is 5.58 Å². The summed E-state index contributed by atoms with van der Waals surface area (Å²) >= 11 is 0. The summed E-state index contributed by atoms with van der Waals surface area (Å²) in [5.41, 5.74) is 4.42. The smallest absolute Gasteiger partial charge is 0.337 e. The molecule has 0 fully saturated rings. The summed E-state index contributed by atoms with van der Waals surface area (Å²) in [6.07, 6.45) is 1.73. The van der Waals surface area contributed by atoms with Crippen LogP contribution in [-0.4, -0.2) is 31.4 Å². The minimum absolute atomic E-state index is 0.363. The van der Waals surface area contributed by atoms with E-state index in [1.165, 1.54) is 7.11 Å². The lowest BCUT2D eigenvalue weighted by Crippen LogP contribution is -2.00. The molecule has 6 nitrogen and oxygen atoms in total. The van der Waals surface area contributed by atoms with Gasteiger partial charge in [-0.25, -0.2) is 9.78 Å². The first-order valence-electron chi connectivity index (χ1n) is 8.94. The van der Waals surface area contributed by atoms with E-state index in [9.17, 15) is 4.79 Å². The first-order chi connectivity index (χ1) is 14.2. The second-order valence-corrected chi connectivity index (χ2v) is 6.27. The van der Waals surface area contributed by atoms with Gasteiger partial charge < -0.3 is 13.9 Å². The number of esters is 1. The van der Waals surface area contributed by atoms with E-state index in [0.717, 1.165) is 28.1 Å². The molecule has 6 heteroatoms. The molecule has 0 radical (unpaired) electrons. The summed E-state index contributed by atoms with van der Waals surface area (Å²) in [5.74, 6) is 0.959. The quantitative estimate of drug-likeness (QED) is 0.355. The lowest BCUT2D eigenvalue weighted by molar-refractivity contribution is 0.0600. The maximum Gasteiger partial charge on any atom is 0.337 e. The van der Waals surface area contributed by atoms with Crippen molar-refractivity contribution in [2.75, 3.05) is 14.2 Å². The van der Waals surface area contributed by atoms with Gasteiger partial charge in [-0.3, -0.25) is 4.99 Å². The number of carbonyl (C=O) groups is 1. The number of hydrogen-bond acceptors (Lipinski definition) is 6. The van der Waals surface area contributed by atoms with E-state index in [2.05, 4.69) is 9.98 Å². The minimum atomic E-state index is -0.363. The minimum Gasteiger partial charge on any atom is -0.497 e. The number of benzene rings is 3. The molecule has 3 aromatic carbocycles. The van der Waals surface area contributed by atoms with E-state index in [4.69, 9.17) is 13.9 Å². The summed E-state index contributed by atoms with van der Waals surface area (Å²) in [7, 11) is 2.99. The van der Waals surface area contributed by atoms with Gasteiger partial charge in [0.1, 0.15) is 11.3 Å². The number of aliphatic imine (C=N–C) groups is 1. The second kappa shape index (κ2) is 7.98. The summed E-state index contributed by atoms with van der Waals surface area (Å²) in [4.78, 5) is 20.5. The van der Waals surface area contributed by atoms with E-state index >= 15 is 0 Å². The van der Waals surface area contributed by atoms with Crippen molar-refractivity contribution in [3.8, 4) is 17.2 Å². The highest BCUT2D eigenvalue weighted by Gasteiger charge is 2.09. The summed E-state index contributed by atoms with van der Waals surface area (Å²) < 4.78 is 15.7. The number of ether oxygens (including phenoxy) is 2. The molecular formula is C23H18N2O4. The van der Waals surface area contributed by atoms with Crippen molar-refractivity contribution in [2.45, 2.75) is 0 Å². The maximum atomic E-state index is 11.5. The molecule has 0 amide bonds. The van der Waals surface area contributed by atoms with Crippen LogP contribution >= 0.6 is 0 Å². The SMILES string of the molecule is COC(=O)c1ccc(C=Nc2ccc3oc(-c4ccc(OC)cc4)nc3c2)cc1. The summed E-state index contributed by atoms with van der Waals surface area (Å²) in [6, 6.07) is 20.2. The molecule has 0 aliphatic carbocycles. The highest BCUT2D eigenvalue weighted by molar-refractivity contribution is 5.91. The molecule has 1 heterocycles. The Bertz CT molecular complexity index is 1180. The van der Waals surface area contributed by atoms with Gasteiger partial charge in [-0.15, -0.1) is 0 Å². The Morgan fingerprint density at radius 3 is 2.45 bits per heavy atom. The molecule has 0 aliphatic rings. The maximum absolute atomic E-state index is 11.5. The number of methoxy groups -OCH3 is 2. The molecule has 144 valence electrons. The van der Waals surface area contributed by atoms with Gasteiger partial charge in [-0.05, 0) is 60.2 Å². The van der Waals surface area contributed by atoms with Gasteiger partial charge >= 0.3 is 5.97 Å². The Kier molecular flexibility index (Phi) is 5.07. The van der Waals surface area contributed by atoms with Crippen molar-refractivity contribution < 1.29 is 18.7 Å². The Morgan fingerprint density at radius 2 is 1.76 bits per heavy atom. The molecule has 0 atom stereocenters. The van der Waals surface area contributed by atoms with Gasteiger partial charge in [0.2, 0.25) is 5.89 Å². The fraction of sp³-hybridized carbons (Fsp3) is 0.0870. The van der Waals surface area contributed by atoms with Crippen molar-refractivity contribution >= 4 is 29.0 Å². The Hall–Kier alpha value is -3.93. The number of aromatic nitrogens is 1. The van der Waals surface area contributed by atoms with Gasteiger partial charge in [-0.2, -0.15) is 0 Å². The number of oxazole rings is 1. The fourth-order valence-corrected chi connectivity index (χ4v) is 2.83. The number of nitrogens with zero attached hydrogens (tertiary/aromatic N) is 2. The third-order valence-electron chi connectivity index (χ3n) is 4.40. The third kappa shape index (κ3) is 4.01. The van der Waals surface area contributed by atoms with Crippen LogP contribution in [0.2, 0.25) is 0 Å². The molecule has 1 aromatic heterocycles. The van der Waals surface area contributed by atoms with Crippen molar-refractivity contribution in [2.24, 2.45) is 4.99 Å². The molecule has 0 saturated carbocycles. The number of carbonyl (C=O) groups excluding carboxylic acids is 1. The molecule has 0 aliphatic heterocycles. The van der Waals surface area contributed by atoms with E-state index in [0.29, 0.717) is 17.0 Å². The Morgan fingerprint density at radius 1 is 1.00 bits per heavy atom. The molecular weight excluding hydrogens is 368 g/mol. The summed E-state index contributed by atoms with van der Waals surface area (Å²) in [6.45, 7) is 0. The van der Waals surface area contributed by atoms with E-state index in [1.54, 1.807) is 25.5 Å². The van der Waals surface area contributed by atoms with Crippen LogP contribution in [0, 0.1) is 0 Å². The predicted molar refractivity (Wildman–Crippen MR) is 111 cm³/mol. The number of fused-ring (bicyclic) bond motifs is 1. The average Bonchev–Trinajstić information content (AvgIpc) is 3.21. The lowest BCUT2D eigenvalue weighted by Gasteiger charge is -1.99. The average molecular weight is 386 g/mol. The van der Waals surface area contributed by atoms with Crippen LogP contribution < -0.4 is 4.74 Å². The third-order valence-corrected chi connectivity index (χ3v) is 4.40. The highest BCUT2D eigenvalue weighted by atomic mass is 16.5. The van der Waals surface area contributed by atoms with Crippen LogP contribution in [0.3, 0.4) is 0 Å². The zero-order valence-electron chi connectivity index (χ0n) is 16.0. The highest BCUT2D eigenvalue weighted by Crippen LogP contribution is 2.28. The second-order valence-electron chi connectivity index (χ2n) is 6.27. The van der Waals surface area contributed by atoms with Crippen LogP contribution in [0.4, 0.5) is 5.69 Å². The molecule has 0 bridgehead atoms. The predicted octanol–water partition coefficient (Wildman–Crippen LogP) is 5.04. The largest absolute Gasteiger partial charge is 0.497 e. The Balaban J connectivity index is 1.55. The monoisotopic (exact) mass is 386 g/mol. The zero-order valence-corrected chi connectivity index (χ0v) is 16.0. The lowest BCUT2D eigenvalue weighted by atomic mass is 10.1. The molecule has 4 aromatic rings. The molecule has 29 heavy (non-hydrogen) atoms. The normalized spacial score (nSPS) is 11.1. The first-order valence-corrected chi connectivity index (χ1v) is 8.94. The van der Waals surface area contributed by atoms with Crippen molar-refractivity contribution in [3.05, 3.63) is 77.9 Å². The summed E-state index contributed by atoms with van der Waals surface area (Å²) in [5, 5.41) is 0. The van der Waals surface area contributed by atoms with Gasteiger partial charge in [-0.1, -0.05) is 12.1 Å². The van der Waals surface area contributed by atoms with Crippen LogP contribution in [0.15, 0.2) is 76.1 Å². The van der Waals surface area contributed by atoms with Crippen LogP contribution in [0.25, 0.3) is 22.6 Å². The van der Waals surface area contributed by atoms with Gasteiger partial charge in [0.05, 0.1) is 25.5 Å². The zero-order chi connectivity index (χ0) is 20.2. The molecule has 0 N–H and O–H groups in total. The molecule has 0 saturated heterocycles. The first kappa shape index (κ1) is 18.4. The number of hydrogen-bond donors (Lipinski definition) is 0. The molecule has 0 spiro atoms. The van der Waals surface area contributed by atoms with Crippen molar-refractivity contribution in [1.29, 1.82) is 0 Å². The van der Waals surface area contributed by atoms with Crippen LogP contribution in [0.1, 0.15) is 15.9 Å². The standard InChI is InChI=1S/C23H18N2O4/c1-27-19-10-7-16(8-11-19)22-25-20-13-18(9-12-21(20)29-22)24-14-15-3-5-17(6-4-15)23(26)28-2/h3-14H,1-2H3. The van der Waals surface area contributed by atoms with Gasteiger partial charge in [0, 0.05) is 11.8 Å². The van der Waals surface area contributed by atoms with Gasteiger partial charge in [0.25, 0.3) is 0 Å².